The first-order valence-electron chi connectivity index (χ1n) is 6.74. The van der Waals surface area contributed by atoms with Gasteiger partial charge in [-0.15, -0.1) is 0 Å². The second-order valence-corrected chi connectivity index (χ2v) is 6.41. The van der Waals surface area contributed by atoms with E-state index in [0.29, 0.717) is 5.69 Å². The van der Waals surface area contributed by atoms with E-state index in [9.17, 15) is 13.2 Å². The van der Waals surface area contributed by atoms with Gasteiger partial charge in [0.2, 0.25) is 15.9 Å². The summed E-state index contributed by atoms with van der Waals surface area (Å²) in [5.74, 6) is -0.412. The van der Waals surface area contributed by atoms with E-state index in [2.05, 4.69) is 15.0 Å². The molecule has 22 heavy (non-hydrogen) atoms. The van der Waals surface area contributed by atoms with Gasteiger partial charge in [-0.25, -0.2) is 8.42 Å². The summed E-state index contributed by atoms with van der Waals surface area (Å²) in [4.78, 5) is 16.2. The quantitative estimate of drug-likeness (QED) is 0.833. The van der Waals surface area contributed by atoms with E-state index in [1.54, 1.807) is 36.5 Å². The maximum atomic E-state index is 12.1. The summed E-state index contributed by atoms with van der Waals surface area (Å²) in [5.41, 5.74) is 0.703. The summed E-state index contributed by atoms with van der Waals surface area (Å²) in [6.07, 6.45) is 1.63. The Labute approximate surface area is 129 Å². The van der Waals surface area contributed by atoms with Crippen LogP contribution < -0.4 is 10.0 Å². The van der Waals surface area contributed by atoms with Gasteiger partial charge in [0.15, 0.2) is 0 Å². The van der Waals surface area contributed by atoms with Crippen LogP contribution in [0.25, 0.3) is 0 Å². The smallest absolute Gasteiger partial charge is 0.241 e. The molecule has 1 atom stereocenters. The topological polar surface area (TPSA) is 88.2 Å². The number of nitrogens with one attached hydrogen (secondary N) is 2. The summed E-state index contributed by atoms with van der Waals surface area (Å²) in [6.45, 7) is 1.74. The molecule has 2 N–H and O–H groups in total. The Morgan fingerprint density at radius 1 is 1.14 bits per heavy atom. The van der Waals surface area contributed by atoms with Crippen molar-refractivity contribution in [3.05, 3.63) is 60.4 Å². The number of rotatable bonds is 6. The van der Waals surface area contributed by atoms with Crippen LogP contribution in [0.2, 0.25) is 0 Å². The Bertz CT molecular complexity index is 718. The molecule has 2 rings (SSSR count). The molecule has 0 fully saturated rings. The minimum Gasteiger partial charge on any atom is -0.349 e. The van der Waals surface area contributed by atoms with E-state index in [0.717, 1.165) is 0 Å². The predicted molar refractivity (Wildman–Crippen MR) is 82.3 cm³/mol. The van der Waals surface area contributed by atoms with Crippen LogP contribution in [0.1, 0.15) is 12.6 Å². The molecule has 0 aliphatic rings. The van der Waals surface area contributed by atoms with Crippen molar-refractivity contribution < 1.29 is 13.2 Å². The molecule has 0 radical (unpaired) electrons. The molecule has 2 aromatic rings. The first-order chi connectivity index (χ1) is 10.5. The van der Waals surface area contributed by atoms with Crippen molar-refractivity contribution >= 4 is 15.9 Å². The maximum absolute atomic E-state index is 12.1. The molecule has 1 heterocycles. The van der Waals surface area contributed by atoms with Crippen LogP contribution in [0.3, 0.4) is 0 Å². The standard InChI is InChI=1S/C15H17N3O3S/c1-12(15(19)17-11-13-7-5-6-10-16-13)18-22(20,21)14-8-3-2-4-9-14/h2-10,12,18H,11H2,1H3,(H,17,19)/t12-/m1/s1. The van der Waals surface area contributed by atoms with Gasteiger partial charge in [0, 0.05) is 6.20 Å². The molecule has 1 aromatic carbocycles. The highest BCUT2D eigenvalue weighted by Crippen LogP contribution is 2.08. The van der Waals surface area contributed by atoms with Crippen LogP contribution in [0, 0.1) is 0 Å². The zero-order valence-corrected chi connectivity index (χ0v) is 12.9. The van der Waals surface area contributed by atoms with Crippen LogP contribution in [0.5, 0.6) is 0 Å². The van der Waals surface area contributed by atoms with Gasteiger partial charge in [0.1, 0.15) is 0 Å². The highest BCUT2D eigenvalue weighted by atomic mass is 32.2. The van der Waals surface area contributed by atoms with E-state index >= 15 is 0 Å². The van der Waals surface area contributed by atoms with Crippen LogP contribution >= 0.6 is 0 Å². The lowest BCUT2D eigenvalue weighted by Crippen LogP contribution is -2.44. The molecular formula is C15H17N3O3S. The number of benzene rings is 1. The van der Waals surface area contributed by atoms with Gasteiger partial charge in [-0.3, -0.25) is 9.78 Å². The lowest BCUT2D eigenvalue weighted by Gasteiger charge is -2.14. The van der Waals surface area contributed by atoms with Crippen LogP contribution in [0.4, 0.5) is 0 Å². The van der Waals surface area contributed by atoms with Crippen molar-refractivity contribution in [1.29, 1.82) is 0 Å². The van der Waals surface area contributed by atoms with Gasteiger partial charge in [-0.1, -0.05) is 24.3 Å². The fourth-order valence-electron chi connectivity index (χ4n) is 1.79. The van der Waals surface area contributed by atoms with E-state index in [4.69, 9.17) is 0 Å². The van der Waals surface area contributed by atoms with Crippen LogP contribution in [0.15, 0.2) is 59.6 Å². The van der Waals surface area contributed by atoms with Gasteiger partial charge in [0.05, 0.1) is 23.2 Å². The van der Waals surface area contributed by atoms with Gasteiger partial charge < -0.3 is 5.32 Å². The molecule has 0 unspecified atom stereocenters. The zero-order chi connectivity index (χ0) is 16.0. The number of hydrogen-bond acceptors (Lipinski definition) is 4. The molecular weight excluding hydrogens is 302 g/mol. The minimum atomic E-state index is -3.71. The van der Waals surface area contributed by atoms with Crippen molar-refractivity contribution in [2.75, 3.05) is 0 Å². The summed E-state index contributed by atoms with van der Waals surface area (Å²) >= 11 is 0. The van der Waals surface area contributed by atoms with E-state index < -0.39 is 22.0 Å². The Kier molecular flexibility index (Phi) is 5.24. The fraction of sp³-hybridized carbons (Fsp3) is 0.200. The number of nitrogens with zero attached hydrogens (tertiary/aromatic N) is 1. The number of carbonyl (C=O) groups is 1. The lowest BCUT2D eigenvalue weighted by atomic mass is 10.3. The Morgan fingerprint density at radius 3 is 2.45 bits per heavy atom. The SMILES string of the molecule is C[C@@H](NS(=O)(=O)c1ccccc1)C(=O)NCc1ccccn1. The molecule has 1 amide bonds. The first kappa shape index (κ1) is 16.1. The Morgan fingerprint density at radius 2 is 1.82 bits per heavy atom. The van der Waals surface area contributed by atoms with Crippen molar-refractivity contribution in [1.82, 2.24) is 15.0 Å². The monoisotopic (exact) mass is 319 g/mol. The average Bonchev–Trinajstić information content (AvgIpc) is 2.54. The average molecular weight is 319 g/mol. The van der Waals surface area contributed by atoms with Gasteiger partial charge >= 0.3 is 0 Å². The summed E-state index contributed by atoms with van der Waals surface area (Å²) in [6, 6.07) is 12.4. The largest absolute Gasteiger partial charge is 0.349 e. The Balaban J connectivity index is 1.94. The highest BCUT2D eigenvalue weighted by Gasteiger charge is 2.21. The van der Waals surface area contributed by atoms with Gasteiger partial charge in [0.25, 0.3) is 0 Å². The first-order valence-corrected chi connectivity index (χ1v) is 8.22. The molecule has 0 saturated carbocycles. The zero-order valence-electron chi connectivity index (χ0n) is 12.1. The molecule has 116 valence electrons. The molecule has 0 saturated heterocycles. The number of aromatic nitrogens is 1. The van der Waals surface area contributed by atoms with Gasteiger partial charge in [-0.05, 0) is 31.2 Å². The summed E-state index contributed by atoms with van der Waals surface area (Å²) in [5, 5.41) is 2.64. The van der Waals surface area contributed by atoms with E-state index in [1.807, 2.05) is 6.07 Å². The second-order valence-electron chi connectivity index (χ2n) is 4.69. The van der Waals surface area contributed by atoms with E-state index in [-0.39, 0.29) is 11.4 Å². The maximum Gasteiger partial charge on any atom is 0.241 e. The van der Waals surface area contributed by atoms with Crippen molar-refractivity contribution in [3.63, 3.8) is 0 Å². The molecule has 0 spiro atoms. The highest BCUT2D eigenvalue weighted by molar-refractivity contribution is 7.89. The van der Waals surface area contributed by atoms with Gasteiger partial charge in [-0.2, -0.15) is 4.72 Å². The number of amides is 1. The summed E-state index contributed by atoms with van der Waals surface area (Å²) < 4.78 is 26.6. The molecule has 6 nitrogen and oxygen atoms in total. The Hall–Kier alpha value is -2.25. The normalized spacial score (nSPS) is 12.6. The molecule has 7 heteroatoms. The van der Waals surface area contributed by atoms with Crippen molar-refractivity contribution in [2.24, 2.45) is 0 Å². The third-order valence-corrected chi connectivity index (χ3v) is 4.51. The second kappa shape index (κ2) is 7.15. The minimum absolute atomic E-state index is 0.124. The number of sulfonamides is 1. The van der Waals surface area contributed by atoms with Crippen molar-refractivity contribution in [2.45, 2.75) is 24.4 Å². The molecule has 0 aliphatic carbocycles. The van der Waals surface area contributed by atoms with Crippen LogP contribution in [-0.2, 0) is 21.4 Å². The number of hydrogen-bond donors (Lipinski definition) is 2. The lowest BCUT2D eigenvalue weighted by molar-refractivity contribution is -0.122. The number of carbonyl (C=O) groups excluding carboxylic acids is 1. The third kappa shape index (κ3) is 4.37. The van der Waals surface area contributed by atoms with Crippen LogP contribution in [-0.4, -0.2) is 25.4 Å². The molecule has 0 bridgehead atoms. The fourth-order valence-corrected chi connectivity index (χ4v) is 3.01. The molecule has 0 aliphatic heterocycles. The van der Waals surface area contributed by atoms with Crippen molar-refractivity contribution in [3.8, 4) is 0 Å². The molecule has 1 aromatic heterocycles. The third-order valence-electron chi connectivity index (χ3n) is 2.95. The van der Waals surface area contributed by atoms with E-state index in [1.165, 1.54) is 19.1 Å². The number of pyridine rings is 1. The predicted octanol–water partition coefficient (Wildman–Crippen LogP) is 1.06. The summed E-state index contributed by atoms with van der Waals surface area (Å²) in [7, 11) is -3.71.